The number of hydrogen-bond donors (Lipinski definition) is 1. The maximum Gasteiger partial charge on any atom is 0.225 e. The Bertz CT molecular complexity index is 806. The highest BCUT2D eigenvalue weighted by molar-refractivity contribution is 7.09. The first-order chi connectivity index (χ1) is 13.2. The Labute approximate surface area is 171 Å². The number of carbonyl (C=O) groups is 1. The number of rotatable bonds is 5. The molecule has 1 aliphatic rings. The smallest absolute Gasteiger partial charge is 0.225 e. The van der Waals surface area contributed by atoms with Crippen LogP contribution in [-0.2, 0) is 16.6 Å². The maximum absolute atomic E-state index is 12.7. The zero-order chi connectivity index (χ0) is 20.3. The van der Waals surface area contributed by atoms with Crippen molar-refractivity contribution in [3.8, 4) is 0 Å². The third-order valence-corrected chi connectivity index (χ3v) is 5.91. The van der Waals surface area contributed by atoms with Crippen LogP contribution in [0.1, 0.15) is 55.7 Å². The molecule has 0 unspecified atom stereocenters. The summed E-state index contributed by atoms with van der Waals surface area (Å²) in [6.07, 6.45) is 2.68. The van der Waals surface area contributed by atoms with Crippen molar-refractivity contribution in [2.24, 2.45) is 5.92 Å². The van der Waals surface area contributed by atoms with Crippen LogP contribution in [0.3, 0.4) is 0 Å². The van der Waals surface area contributed by atoms with Gasteiger partial charge in [0.2, 0.25) is 11.9 Å². The monoisotopic (exact) mass is 401 g/mol. The van der Waals surface area contributed by atoms with Gasteiger partial charge in [0.15, 0.2) is 0 Å². The second kappa shape index (κ2) is 8.55. The highest BCUT2D eigenvalue weighted by atomic mass is 32.1. The molecule has 2 aromatic heterocycles. The molecule has 3 rings (SSSR count). The fraction of sp³-hybridized carbons (Fsp3) is 0.619. The fourth-order valence-corrected chi connectivity index (χ4v) is 4.45. The summed E-state index contributed by atoms with van der Waals surface area (Å²) in [5, 5.41) is 6.31. The Balaban J connectivity index is 1.52. The molecule has 1 amide bonds. The zero-order valence-corrected chi connectivity index (χ0v) is 18.4. The second-order valence-corrected chi connectivity index (χ2v) is 9.60. The Morgan fingerprint density at radius 1 is 1.25 bits per heavy atom. The Hall–Kier alpha value is -2.02. The molecule has 1 fully saturated rings. The second-order valence-electron chi connectivity index (χ2n) is 8.65. The first-order valence-electron chi connectivity index (χ1n) is 10.0. The highest BCUT2D eigenvalue weighted by Gasteiger charge is 2.27. The molecule has 152 valence electrons. The van der Waals surface area contributed by atoms with Gasteiger partial charge in [-0.05, 0) is 32.8 Å². The maximum atomic E-state index is 12.7. The lowest BCUT2D eigenvalue weighted by Crippen LogP contribution is -2.44. The molecule has 1 aliphatic heterocycles. The molecular formula is C21H31N5OS. The predicted octanol–water partition coefficient (Wildman–Crippen LogP) is 3.42. The number of anilines is 1. The van der Waals surface area contributed by atoms with E-state index in [-0.39, 0.29) is 17.2 Å². The van der Waals surface area contributed by atoms with Crippen LogP contribution >= 0.6 is 11.3 Å². The topological polar surface area (TPSA) is 71.0 Å². The molecule has 1 saturated heterocycles. The van der Waals surface area contributed by atoms with Crippen molar-refractivity contribution < 1.29 is 4.79 Å². The third kappa shape index (κ3) is 5.28. The third-order valence-electron chi connectivity index (χ3n) is 5.00. The average molecular weight is 402 g/mol. The first kappa shape index (κ1) is 20.7. The molecule has 1 atom stereocenters. The van der Waals surface area contributed by atoms with Crippen LogP contribution in [0, 0.1) is 19.8 Å². The van der Waals surface area contributed by atoms with Crippen LogP contribution in [0.2, 0.25) is 0 Å². The van der Waals surface area contributed by atoms with Gasteiger partial charge in [0.05, 0.1) is 16.6 Å². The van der Waals surface area contributed by atoms with E-state index in [0.717, 1.165) is 53.8 Å². The highest BCUT2D eigenvalue weighted by Crippen LogP contribution is 2.24. The Morgan fingerprint density at radius 2 is 1.96 bits per heavy atom. The summed E-state index contributed by atoms with van der Waals surface area (Å²) >= 11 is 1.68. The van der Waals surface area contributed by atoms with Crippen molar-refractivity contribution in [2.45, 2.75) is 59.3 Å². The zero-order valence-electron chi connectivity index (χ0n) is 17.6. The quantitative estimate of drug-likeness (QED) is 0.831. The van der Waals surface area contributed by atoms with E-state index >= 15 is 0 Å². The molecule has 3 heterocycles. The summed E-state index contributed by atoms with van der Waals surface area (Å²) in [6.45, 7) is 12.7. The van der Waals surface area contributed by atoms with Crippen molar-refractivity contribution >= 4 is 23.2 Å². The van der Waals surface area contributed by atoms with Gasteiger partial charge in [-0.25, -0.2) is 15.0 Å². The average Bonchev–Trinajstić information content (AvgIpc) is 3.10. The number of nitrogens with zero attached hydrogens (tertiary/aromatic N) is 4. The van der Waals surface area contributed by atoms with Gasteiger partial charge in [-0.3, -0.25) is 4.79 Å². The van der Waals surface area contributed by atoms with E-state index in [1.54, 1.807) is 11.3 Å². The van der Waals surface area contributed by atoms with E-state index in [1.165, 1.54) is 0 Å². The SMILES string of the molecule is Cc1cc(C)nc(N2CCC[C@@H](C(=O)NCCc3nc(C(C)(C)C)cs3)C2)n1. The minimum absolute atomic E-state index is 0.0143. The largest absolute Gasteiger partial charge is 0.355 e. The van der Waals surface area contributed by atoms with E-state index in [9.17, 15) is 4.79 Å². The molecular weight excluding hydrogens is 370 g/mol. The van der Waals surface area contributed by atoms with Crippen LogP contribution in [0.5, 0.6) is 0 Å². The predicted molar refractivity (Wildman–Crippen MR) is 114 cm³/mol. The van der Waals surface area contributed by atoms with Crippen molar-refractivity contribution in [3.05, 3.63) is 33.5 Å². The number of amides is 1. The van der Waals surface area contributed by atoms with Crippen LogP contribution in [0.15, 0.2) is 11.4 Å². The van der Waals surface area contributed by atoms with Crippen molar-refractivity contribution in [1.82, 2.24) is 20.3 Å². The van der Waals surface area contributed by atoms with Crippen molar-refractivity contribution in [2.75, 3.05) is 24.5 Å². The van der Waals surface area contributed by atoms with E-state index in [1.807, 2.05) is 19.9 Å². The van der Waals surface area contributed by atoms with E-state index in [4.69, 9.17) is 4.98 Å². The van der Waals surface area contributed by atoms with Gasteiger partial charge in [0, 0.05) is 48.2 Å². The van der Waals surface area contributed by atoms with Crippen LogP contribution in [-0.4, -0.2) is 40.5 Å². The molecule has 0 aromatic carbocycles. The molecule has 1 N–H and O–H groups in total. The van der Waals surface area contributed by atoms with E-state index in [0.29, 0.717) is 13.1 Å². The molecule has 0 bridgehead atoms. The van der Waals surface area contributed by atoms with Gasteiger partial charge in [-0.1, -0.05) is 20.8 Å². The van der Waals surface area contributed by atoms with Crippen LogP contribution < -0.4 is 10.2 Å². The van der Waals surface area contributed by atoms with Gasteiger partial charge in [0.25, 0.3) is 0 Å². The lowest BCUT2D eigenvalue weighted by Gasteiger charge is -2.32. The number of aryl methyl sites for hydroxylation is 2. The number of carbonyl (C=O) groups excluding carboxylic acids is 1. The molecule has 0 spiro atoms. The standard InChI is InChI=1S/C21H31N5OS/c1-14-11-15(2)24-20(23-14)26-10-6-7-16(12-26)19(27)22-9-8-18-25-17(13-28-18)21(3,4)5/h11,13,16H,6-10,12H2,1-5H3,(H,22,27)/t16-/m1/s1. The number of thiazole rings is 1. The minimum Gasteiger partial charge on any atom is -0.355 e. The van der Waals surface area contributed by atoms with Gasteiger partial charge in [0.1, 0.15) is 0 Å². The van der Waals surface area contributed by atoms with Gasteiger partial charge in [-0.2, -0.15) is 0 Å². The molecule has 28 heavy (non-hydrogen) atoms. The summed E-state index contributed by atoms with van der Waals surface area (Å²) in [6, 6.07) is 1.97. The lowest BCUT2D eigenvalue weighted by atomic mass is 9.93. The van der Waals surface area contributed by atoms with Gasteiger partial charge < -0.3 is 10.2 Å². The lowest BCUT2D eigenvalue weighted by molar-refractivity contribution is -0.125. The normalized spacial score (nSPS) is 17.6. The molecule has 0 radical (unpaired) electrons. The van der Waals surface area contributed by atoms with E-state index < -0.39 is 0 Å². The first-order valence-corrected chi connectivity index (χ1v) is 10.9. The summed E-state index contributed by atoms with van der Waals surface area (Å²) in [5.41, 5.74) is 3.12. The fourth-order valence-electron chi connectivity index (χ4n) is 3.43. The minimum atomic E-state index is -0.0143. The molecule has 2 aromatic rings. The van der Waals surface area contributed by atoms with Gasteiger partial charge >= 0.3 is 0 Å². The van der Waals surface area contributed by atoms with Gasteiger partial charge in [-0.15, -0.1) is 11.3 Å². The van der Waals surface area contributed by atoms with Crippen molar-refractivity contribution in [3.63, 3.8) is 0 Å². The molecule has 7 heteroatoms. The molecule has 0 saturated carbocycles. The number of nitrogens with one attached hydrogen (secondary N) is 1. The van der Waals surface area contributed by atoms with E-state index in [2.05, 4.69) is 46.3 Å². The van der Waals surface area contributed by atoms with Crippen LogP contribution in [0.25, 0.3) is 0 Å². The summed E-state index contributed by atoms with van der Waals surface area (Å²) in [4.78, 5) is 28.6. The summed E-state index contributed by atoms with van der Waals surface area (Å²) < 4.78 is 0. The molecule has 0 aliphatic carbocycles. The summed E-state index contributed by atoms with van der Waals surface area (Å²) in [7, 11) is 0. The number of hydrogen-bond acceptors (Lipinski definition) is 6. The van der Waals surface area contributed by atoms with Crippen molar-refractivity contribution in [1.29, 1.82) is 0 Å². The molecule has 6 nitrogen and oxygen atoms in total. The van der Waals surface area contributed by atoms with Crippen LogP contribution in [0.4, 0.5) is 5.95 Å². The number of aromatic nitrogens is 3. The Morgan fingerprint density at radius 3 is 2.61 bits per heavy atom. The summed E-state index contributed by atoms with van der Waals surface area (Å²) in [5.74, 6) is 0.855. The Kier molecular flexibility index (Phi) is 6.33. The number of piperidine rings is 1.